The van der Waals surface area contributed by atoms with Crippen LogP contribution in [0.2, 0.25) is 0 Å². The SMILES string of the molecule is CC(C)CCNC1CCN(C)CC1. The first-order chi connectivity index (χ1) is 6.18. The van der Waals surface area contributed by atoms with E-state index in [0.29, 0.717) is 0 Å². The quantitative estimate of drug-likeness (QED) is 0.715. The van der Waals surface area contributed by atoms with Crippen LogP contribution in [0.25, 0.3) is 0 Å². The summed E-state index contributed by atoms with van der Waals surface area (Å²) in [5.41, 5.74) is 0. The van der Waals surface area contributed by atoms with Crippen molar-refractivity contribution in [1.29, 1.82) is 0 Å². The van der Waals surface area contributed by atoms with Crippen LogP contribution in [0.15, 0.2) is 0 Å². The molecule has 1 fully saturated rings. The van der Waals surface area contributed by atoms with Gasteiger partial charge >= 0.3 is 0 Å². The summed E-state index contributed by atoms with van der Waals surface area (Å²) < 4.78 is 0. The number of nitrogens with one attached hydrogen (secondary N) is 1. The highest BCUT2D eigenvalue weighted by Crippen LogP contribution is 2.08. The Kier molecular flexibility index (Phi) is 4.74. The number of rotatable bonds is 4. The van der Waals surface area contributed by atoms with Gasteiger partial charge in [-0.15, -0.1) is 0 Å². The van der Waals surface area contributed by atoms with Gasteiger partial charge in [0.2, 0.25) is 0 Å². The van der Waals surface area contributed by atoms with Crippen molar-refractivity contribution in [3.8, 4) is 0 Å². The zero-order chi connectivity index (χ0) is 9.68. The Hall–Kier alpha value is -0.0800. The molecule has 0 aromatic heterocycles. The second kappa shape index (κ2) is 5.61. The molecule has 1 saturated heterocycles. The fourth-order valence-corrected chi connectivity index (χ4v) is 1.79. The van der Waals surface area contributed by atoms with Gasteiger partial charge in [-0.25, -0.2) is 0 Å². The minimum Gasteiger partial charge on any atom is -0.314 e. The number of likely N-dealkylation sites (tertiary alicyclic amines) is 1. The number of piperidine rings is 1. The van der Waals surface area contributed by atoms with Crippen molar-refractivity contribution in [2.45, 2.75) is 39.2 Å². The first-order valence-electron chi connectivity index (χ1n) is 5.60. The summed E-state index contributed by atoms with van der Waals surface area (Å²) in [6, 6.07) is 0.787. The Morgan fingerprint density at radius 3 is 2.46 bits per heavy atom. The van der Waals surface area contributed by atoms with Crippen molar-refractivity contribution < 1.29 is 0 Å². The fourth-order valence-electron chi connectivity index (χ4n) is 1.79. The predicted octanol–water partition coefficient (Wildman–Crippen LogP) is 1.72. The molecule has 2 heteroatoms. The predicted molar refractivity (Wildman–Crippen MR) is 58.0 cm³/mol. The molecule has 1 N–H and O–H groups in total. The second-order valence-corrected chi connectivity index (χ2v) is 4.71. The number of nitrogens with zero attached hydrogens (tertiary/aromatic N) is 1. The summed E-state index contributed by atoms with van der Waals surface area (Å²) in [6.07, 6.45) is 3.97. The van der Waals surface area contributed by atoms with E-state index in [1.807, 2.05) is 0 Å². The van der Waals surface area contributed by atoms with E-state index in [0.717, 1.165) is 12.0 Å². The van der Waals surface area contributed by atoms with Crippen molar-refractivity contribution in [3.05, 3.63) is 0 Å². The molecule has 0 saturated carbocycles. The van der Waals surface area contributed by atoms with E-state index in [9.17, 15) is 0 Å². The van der Waals surface area contributed by atoms with Crippen LogP contribution in [0, 0.1) is 5.92 Å². The summed E-state index contributed by atoms with van der Waals surface area (Å²) in [5.74, 6) is 0.832. The zero-order valence-electron chi connectivity index (χ0n) is 9.34. The highest BCUT2D eigenvalue weighted by Gasteiger charge is 2.15. The second-order valence-electron chi connectivity index (χ2n) is 4.71. The Bertz CT molecular complexity index is 126. The molecule has 1 aliphatic rings. The van der Waals surface area contributed by atoms with E-state index in [1.54, 1.807) is 0 Å². The molecule has 78 valence electrons. The summed E-state index contributed by atoms with van der Waals surface area (Å²) in [6.45, 7) is 8.30. The van der Waals surface area contributed by atoms with Gasteiger partial charge in [0.05, 0.1) is 0 Å². The third-order valence-electron chi connectivity index (χ3n) is 2.87. The van der Waals surface area contributed by atoms with Crippen molar-refractivity contribution in [2.75, 3.05) is 26.7 Å². The molecule has 2 nitrogen and oxygen atoms in total. The molecular weight excluding hydrogens is 160 g/mol. The lowest BCUT2D eigenvalue weighted by Crippen LogP contribution is -2.41. The fraction of sp³-hybridized carbons (Fsp3) is 1.00. The molecule has 1 aliphatic heterocycles. The standard InChI is InChI=1S/C11H24N2/c1-10(2)4-7-12-11-5-8-13(3)9-6-11/h10-12H,4-9H2,1-3H3. The smallest absolute Gasteiger partial charge is 0.00914 e. The third-order valence-corrected chi connectivity index (χ3v) is 2.87. The van der Waals surface area contributed by atoms with Gasteiger partial charge in [0.25, 0.3) is 0 Å². The maximum Gasteiger partial charge on any atom is 0.00914 e. The highest BCUT2D eigenvalue weighted by molar-refractivity contribution is 4.75. The number of hydrogen-bond acceptors (Lipinski definition) is 2. The maximum atomic E-state index is 3.65. The Balaban J connectivity index is 2.02. The Morgan fingerprint density at radius 2 is 1.92 bits per heavy atom. The van der Waals surface area contributed by atoms with Crippen LogP contribution in [0.1, 0.15) is 33.1 Å². The molecule has 1 heterocycles. The van der Waals surface area contributed by atoms with Crippen molar-refractivity contribution in [1.82, 2.24) is 10.2 Å². The van der Waals surface area contributed by atoms with Crippen LogP contribution in [0.3, 0.4) is 0 Å². The summed E-state index contributed by atoms with van der Waals surface area (Å²) in [7, 11) is 2.21. The lowest BCUT2D eigenvalue weighted by molar-refractivity contribution is 0.233. The van der Waals surface area contributed by atoms with Crippen LogP contribution in [-0.2, 0) is 0 Å². The van der Waals surface area contributed by atoms with Gasteiger partial charge in [-0.3, -0.25) is 0 Å². The van der Waals surface area contributed by atoms with Crippen molar-refractivity contribution >= 4 is 0 Å². The molecule has 0 amide bonds. The van der Waals surface area contributed by atoms with Gasteiger partial charge in [-0.2, -0.15) is 0 Å². The van der Waals surface area contributed by atoms with Gasteiger partial charge in [0.15, 0.2) is 0 Å². The molecule has 13 heavy (non-hydrogen) atoms. The third kappa shape index (κ3) is 4.63. The molecule has 0 unspecified atom stereocenters. The molecule has 0 aliphatic carbocycles. The average molecular weight is 184 g/mol. The average Bonchev–Trinajstić information content (AvgIpc) is 2.08. The van der Waals surface area contributed by atoms with Gasteiger partial charge in [0, 0.05) is 6.04 Å². The molecular formula is C11H24N2. The Morgan fingerprint density at radius 1 is 1.31 bits per heavy atom. The van der Waals surface area contributed by atoms with Gasteiger partial charge in [0.1, 0.15) is 0 Å². The first-order valence-corrected chi connectivity index (χ1v) is 5.60. The highest BCUT2D eigenvalue weighted by atomic mass is 15.1. The zero-order valence-corrected chi connectivity index (χ0v) is 9.34. The largest absolute Gasteiger partial charge is 0.314 e. The first kappa shape index (κ1) is 11.0. The minimum atomic E-state index is 0.787. The molecule has 0 bridgehead atoms. The van der Waals surface area contributed by atoms with E-state index in [4.69, 9.17) is 0 Å². The lowest BCUT2D eigenvalue weighted by atomic mass is 10.0. The molecule has 0 atom stereocenters. The van der Waals surface area contributed by atoms with Gasteiger partial charge in [-0.1, -0.05) is 13.8 Å². The molecule has 0 aromatic rings. The van der Waals surface area contributed by atoms with Gasteiger partial charge < -0.3 is 10.2 Å². The topological polar surface area (TPSA) is 15.3 Å². The van der Waals surface area contributed by atoms with Crippen LogP contribution < -0.4 is 5.32 Å². The van der Waals surface area contributed by atoms with E-state index in [-0.39, 0.29) is 0 Å². The van der Waals surface area contributed by atoms with Crippen molar-refractivity contribution in [3.63, 3.8) is 0 Å². The number of hydrogen-bond donors (Lipinski definition) is 1. The lowest BCUT2D eigenvalue weighted by Gasteiger charge is -2.29. The van der Waals surface area contributed by atoms with E-state index in [1.165, 1.54) is 38.9 Å². The van der Waals surface area contributed by atoms with Crippen LogP contribution in [-0.4, -0.2) is 37.6 Å². The summed E-state index contributed by atoms with van der Waals surface area (Å²) >= 11 is 0. The monoisotopic (exact) mass is 184 g/mol. The van der Waals surface area contributed by atoms with E-state index in [2.05, 4.69) is 31.1 Å². The summed E-state index contributed by atoms with van der Waals surface area (Å²) in [5, 5.41) is 3.65. The van der Waals surface area contributed by atoms with Gasteiger partial charge in [-0.05, 0) is 51.9 Å². The Labute approximate surface area is 82.7 Å². The van der Waals surface area contributed by atoms with Crippen molar-refractivity contribution in [2.24, 2.45) is 5.92 Å². The summed E-state index contributed by atoms with van der Waals surface area (Å²) in [4.78, 5) is 2.42. The normalized spacial score (nSPS) is 21.2. The van der Waals surface area contributed by atoms with Crippen LogP contribution in [0.5, 0.6) is 0 Å². The van der Waals surface area contributed by atoms with E-state index >= 15 is 0 Å². The minimum absolute atomic E-state index is 0.787. The molecule has 0 radical (unpaired) electrons. The molecule has 1 rings (SSSR count). The molecule has 0 spiro atoms. The van der Waals surface area contributed by atoms with Crippen LogP contribution in [0.4, 0.5) is 0 Å². The van der Waals surface area contributed by atoms with E-state index < -0.39 is 0 Å². The molecule has 0 aromatic carbocycles. The van der Waals surface area contributed by atoms with Crippen LogP contribution >= 0.6 is 0 Å². The maximum absolute atomic E-state index is 3.65.